The Morgan fingerprint density at radius 2 is 1.76 bits per heavy atom. The minimum Gasteiger partial charge on any atom is -0.423 e. The molecule has 0 N–H and O–H groups in total. The summed E-state index contributed by atoms with van der Waals surface area (Å²) in [7, 11) is -0.928. The zero-order valence-electron chi connectivity index (χ0n) is 13.0. The van der Waals surface area contributed by atoms with Crippen LogP contribution in [0.2, 0.25) is 13.1 Å². The van der Waals surface area contributed by atoms with Crippen molar-refractivity contribution in [1.82, 2.24) is 0 Å². The third-order valence-corrected chi connectivity index (χ3v) is 4.71. The average Bonchev–Trinajstić information content (AvgIpc) is 2.39. The van der Waals surface area contributed by atoms with Gasteiger partial charge in [0, 0.05) is 5.39 Å². The van der Waals surface area contributed by atoms with E-state index in [2.05, 4.69) is 49.8 Å². The van der Waals surface area contributed by atoms with Gasteiger partial charge in [-0.1, -0.05) is 39.0 Å². The lowest BCUT2D eigenvalue weighted by molar-refractivity contribution is 0.0627. The van der Waals surface area contributed by atoms with Gasteiger partial charge >= 0.3 is 5.63 Å². The summed E-state index contributed by atoms with van der Waals surface area (Å²) >= 11 is 3.60. The molecule has 113 valence electrons. The molecule has 0 bridgehead atoms. The van der Waals surface area contributed by atoms with Crippen LogP contribution in [0.1, 0.15) is 32.6 Å². The van der Waals surface area contributed by atoms with Crippen LogP contribution in [0.5, 0.6) is 0 Å². The Balaban J connectivity index is 2.69. The van der Waals surface area contributed by atoms with E-state index in [9.17, 15) is 4.79 Å². The van der Waals surface area contributed by atoms with Gasteiger partial charge in [0.25, 0.3) is 0 Å². The summed E-state index contributed by atoms with van der Waals surface area (Å²) in [5.41, 5.74) is -0.481. The molecule has 2 aromatic rings. The van der Waals surface area contributed by atoms with Crippen LogP contribution in [-0.4, -0.2) is 9.04 Å². The topological polar surface area (TPSA) is 39.4 Å². The molecule has 0 aliphatic rings. The van der Waals surface area contributed by atoms with E-state index in [1.54, 1.807) is 6.07 Å². The van der Waals surface area contributed by atoms with Crippen molar-refractivity contribution in [2.24, 2.45) is 5.41 Å². The Bertz CT molecular complexity index is 701. The highest BCUT2D eigenvalue weighted by Gasteiger charge is 2.33. The Morgan fingerprint density at radius 3 is 2.29 bits per heavy atom. The van der Waals surface area contributed by atoms with Gasteiger partial charge in [-0.2, -0.15) is 0 Å². The lowest BCUT2D eigenvalue weighted by Gasteiger charge is -2.32. The number of hydrogen-bond acceptors (Lipinski definition) is 3. The van der Waals surface area contributed by atoms with Gasteiger partial charge in [0.1, 0.15) is 6.10 Å². The highest BCUT2D eigenvalue weighted by Crippen LogP contribution is 2.41. The fraction of sp³-hybridized carbons (Fsp3) is 0.438. The number of benzene rings is 1. The van der Waals surface area contributed by atoms with Crippen LogP contribution >= 0.6 is 15.9 Å². The first-order valence-electron chi connectivity index (χ1n) is 6.90. The molecule has 1 atom stereocenters. The van der Waals surface area contributed by atoms with Gasteiger partial charge in [-0.3, -0.25) is 0 Å². The maximum atomic E-state index is 12.2. The second-order valence-corrected chi connectivity index (χ2v) is 9.23. The molecule has 1 aromatic heterocycles. The van der Waals surface area contributed by atoms with E-state index in [1.807, 2.05) is 18.2 Å². The van der Waals surface area contributed by atoms with Gasteiger partial charge in [-0.05, 0) is 40.5 Å². The predicted molar refractivity (Wildman–Crippen MR) is 90.9 cm³/mol. The Morgan fingerprint density at radius 1 is 1.19 bits per heavy atom. The van der Waals surface area contributed by atoms with Crippen LogP contribution in [-0.2, 0) is 4.43 Å². The lowest BCUT2D eigenvalue weighted by Crippen LogP contribution is -2.27. The molecule has 0 aliphatic carbocycles. The van der Waals surface area contributed by atoms with Crippen LogP contribution in [0.3, 0.4) is 0 Å². The number of hydrogen-bond donors (Lipinski definition) is 0. The molecule has 0 aliphatic heterocycles. The second kappa shape index (κ2) is 6.06. The first-order chi connectivity index (χ1) is 9.71. The molecule has 1 aromatic carbocycles. The van der Waals surface area contributed by atoms with Crippen LogP contribution < -0.4 is 5.63 Å². The molecule has 1 heterocycles. The zero-order chi connectivity index (χ0) is 15.8. The maximum Gasteiger partial charge on any atom is 0.343 e. The molecule has 0 fully saturated rings. The van der Waals surface area contributed by atoms with E-state index in [-0.39, 0.29) is 17.1 Å². The first-order valence-corrected chi connectivity index (χ1v) is 10.1. The highest BCUT2D eigenvalue weighted by molar-refractivity contribution is 9.10. The summed E-state index contributed by atoms with van der Waals surface area (Å²) in [5, 5.41) is 1.45. The molecule has 0 saturated carbocycles. The average molecular weight is 368 g/mol. The van der Waals surface area contributed by atoms with E-state index < -0.39 is 9.04 Å². The van der Waals surface area contributed by atoms with Crippen LogP contribution in [0.4, 0.5) is 0 Å². The van der Waals surface area contributed by atoms with Gasteiger partial charge in [-0.15, -0.1) is 0 Å². The van der Waals surface area contributed by atoms with E-state index >= 15 is 0 Å². The van der Waals surface area contributed by atoms with E-state index in [4.69, 9.17) is 8.84 Å². The standard InChI is InChI=1S/C16H20BrO3Si/c1-16(2,3)14(20-21(4)5)13-12(17)10-8-6-7-9-11(10)15(18)19-13/h6-9,14H,1-5H3. The molecule has 21 heavy (non-hydrogen) atoms. The molecule has 0 saturated heterocycles. The van der Waals surface area contributed by atoms with Crippen molar-refractivity contribution >= 4 is 35.7 Å². The van der Waals surface area contributed by atoms with E-state index in [0.29, 0.717) is 11.1 Å². The number of fused-ring (bicyclic) bond motifs is 1. The van der Waals surface area contributed by atoms with Gasteiger partial charge < -0.3 is 8.84 Å². The van der Waals surface area contributed by atoms with Crippen molar-refractivity contribution in [1.29, 1.82) is 0 Å². The van der Waals surface area contributed by atoms with Gasteiger partial charge in [0.2, 0.25) is 9.04 Å². The van der Waals surface area contributed by atoms with Crippen molar-refractivity contribution in [3.63, 3.8) is 0 Å². The Kier molecular flexibility index (Phi) is 4.75. The first kappa shape index (κ1) is 16.5. The van der Waals surface area contributed by atoms with Crippen molar-refractivity contribution in [3.8, 4) is 0 Å². The SMILES string of the molecule is C[Si](C)OC(c1oc(=O)c2ccccc2c1Br)C(C)(C)C. The number of rotatable bonds is 3. The summed E-state index contributed by atoms with van der Waals surface area (Å²) in [6, 6.07) is 7.45. The van der Waals surface area contributed by atoms with Gasteiger partial charge in [0.05, 0.1) is 9.86 Å². The highest BCUT2D eigenvalue weighted by atomic mass is 79.9. The van der Waals surface area contributed by atoms with Crippen LogP contribution in [0.15, 0.2) is 37.9 Å². The molecule has 5 heteroatoms. The van der Waals surface area contributed by atoms with Crippen molar-refractivity contribution < 1.29 is 8.84 Å². The molecule has 0 spiro atoms. The summed E-state index contributed by atoms with van der Waals surface area (Å²) < 4.78 is 12.5. The molecule has 3 nitrogen and oxygen atoms in total. The van der Waals surface area contributed by atoms with E-state index in [1.165, 1.54) is 0 Å². The Labute approximate surface area is 135 Å². The van der Waals surface area contributed by atoms with Gasteiger partial charge in [-0.25, -0.2) is 4.79 Å². The summed E-state index contributed by atoms with van der Waals surface area (Å²) in [4.78, 5) is 12.2. The third-order valence-electron chi connectivity index (χ3n) is 3.18. The van der Waals surface area contributed by atoms with E-state index in [0.717, 1.165) is 9.86 Å². The molecule has 1 radical (unpaired) electrons. The lowest BCUT2D eigenvalue weighted by atomic mass is 9.87. The third kappa shape index (κ3) is 3.47. The monoisotopic (exact) mass is 367 g/mol. The maximum absolute atomic E-state index is 12.2. The van der Waals surface area contributed by atoms with Crippen LogP contribution in [0, 0.1) is 5.41 Å². The van der Waals surface area contributed by atoms with Crippen molar-refractivity contribution in [3.05, 3.63) is 44.9 Å². The molecule has 1 unspecified atom stereocenters. The molecule has 0 amide bonds. The molecular weight excluding hydrogens is 348 g/mol. The molecule has 2 rings (SSSR count). The fourth-order valence-corrected chi connectivity index (χ4v) is 3.78. The summed E-state index contributed by atoms with van der Waals surface area (Å²) in [5.74, 6) is 0.581. The van der Waals surface area contributed by atoms with Crippen molar-refractivity contribution in [2.75, 3.05) is 0 Å². The number of halogens is 1. The predicted octanol–water partition coefficient (Wildman–Crippen LogP) is 4.91. The summed E-state index contributed by atoms with van der Waals surface area (Å²) in [6.07, 6.45) is -0.256. The normalized spacial score (nSPS) is 13.9. The Hall–Kier alpha value is -0.913. The quantitative estimate of drug-likeness (QED) is 0.723. The van der Waals surface area contributed by atoms with Gasteiger partial charge in [0.15, 0.2) is 5.76 Å². The minimum atomic E-state index is -0.928. The van der Waals surface area contributed by atoms with Crippen molar-refractivity contribution in [2.45, 2.75) is 40.0 Å². The minimum absolute atomic E-state index is 0.164. The largest absolute Gasteiger partial charge is 0.423 e. The molecular formula is C16H20BrO3Si. The zero-order valence-corrected chi connectivity index (χ0v) is 15.6. The smallest absolute Gasteiger partial charge is 0.343 e. The fourth-order valence-electron chi connectivity index (χ4n) is 2.21. The second-order valence-electron chi connectivity index (χ2n) is 6.39. The van der Waals surface area contributed by atoms with Crippen LogP contribution in [0.25, 0.3) is 10.8 Å². The summed E-state index contributed by atoms with van der Waals surface area (Å²) in [6.45, 7) is 10.4.